The summed E-state index contributed by atoms with van der Waals surface area (Å²) >= 11 is 0. The molecule has 10 heteroatoms. The van der Waals surface area contributed by atoms with Gasteiger partial charge in [0.15, 0.2) is 0 Å². The Kier molecular flexibility index (Phi) is 13.3. The van der Waals surface area contributed by atoms with Crippen molar-refractivity contribution in [1.82, 2.24) is 9.55 Å². The van der Waals surface area contributed by atoms with Crippen LogP contribution in [0.2, 0.25) is 0 Å². The number of unbranched alkanes of at least 4 members (excludes halogenated alkanes) is 14. The third-order valence-electron chi connectivity index (χ3n) is 7.73. The molecule has 0 aliphatic rings. The Morgan fingerprint density at radius 1 is 0.659 bits per heavy atom. The minimum absolute atomic E-state index is 0.0440. The van der Waals surface area contributed by atoms with Gasteiger partial charge in [0, 0.05) is 0 Å². The normalized spacial score (nSPS) is 13.1. The number of hydrogen-bond acceptors (Lipinski definition) is 5. The van der Waals surface area contributed by atoms with Gasteiger partial charge in [-0.05, 0) is 24.1 Å². The predicted octanol–water partition coefficient (Wildman–Crippen LogP) is 8.38. The summed E-state index contributed by atoms with van der Waals surface area (Å²) in [5.74, 6) is 0. The average Bonchev–Trinajstić information content (AvgIpc) is 3.33. The van der Waals surface area contributed by atoms with E-state index < -0.39 is 36.3 Å². The fraction of sp³-hybridized carbons (Fsp3) is 0.581. The van der Waals surface area contributed by atoms with E-state index in [2.05, 4.69) is 11.9 Å². The second-order valence-electron chi connectivity index (χ2n) is 11.0. The van der Waals surface area contributed by atoms with Crippen LogP contribution in [-0.2, 0) is 20.2 Å². The molecule has 0 saturated heterocycles. The molecule has 1 aromatic heterocycles. The molecule has 2 N–H and O–H groups in total. The molecule has 0 spiro atoms. The van der Waals surface area contributed by atoms with Gasteiger partial charge in [0.1, 0.15) is 4.90 Å². The third kappa shape index (κ3) is 10.2. The van der Waals surface area contributed by atoms with Gasteiger partial charge >= 0.3 is 10.1 Å². The van der Waals surface area contributed by atoms with Crippen molar-refractivity contribution in [2.24, 2.45) is 0 Å². The van der Waals surface area contributed by atoms with Crippen LogP contribution in [0.4, 0.5) is 0 Å². The van der Waals surface area contributed by atoms with Crippen LogP contribution in [0.5, 0.6) is 0 Å². The molecule has 0 radical (unpaired) electrons. The highest BCUT2D eigenvalue weighted by Gasteiger charge is 2.30. The van der Waals surface area contributed by atoms with Crippen LogP contribution >= 0.6 is 0 Å². The molecule has 41 heavy (non-hydrogen) atoms. The van der Waals surface area contributed by atoms with E-state index in [9.17, 15) is 25.9 Å². The molecule has 0 fully saturated rings. The molecule has 1 unspecified atom stereocenters. The summed E-state index contributed by atoms with van der Waals surface area (Å²) in [6.45, 7) is 2.25. The minimum Gasteiger partial charge on any atom is -0.304 e. The Morgan fingerprint density at radius 3 is 1.66 bits per heavy atom. The molecule has 3 rings (SSSR count). The Labute approximate surface area is 246 Å². The molecule has 8 nitrogen and oxygen atoms in total. The Morgan fingerprint density at radius 2 is 1.17 bits per heavy atom. The van der Waals surface area contributed by atoms with Crippen LogP contribution in [0.15, 0.2) is 58.6 Å². The summed E-state index contributed by atoms with van der Waals surface area (Å²) < 4.78 is 70.5. The molecule has 0 aliphatic heterocycles. The molecule has 0 aliphatic carbocycles. The predicted molar refractivity (Wildman–Crippen MR) is 163 cm³/mol. The molecular formula is C31H46N2O6S2. The zero-order valence-corrected chi connectivity index (χ0v) is 25.9. The number of para-hydroxylation sites is 1. The molecule has 0 saturated carbocycles. The number of aromatic nitrogens is 2. The number of rotatable bonds is 20. The maximum atomic E-state index is 12.4. The molecule has 228 valence electrons. The van der Waals surface area contributed by atoms with Gasteiger partial charge in [0.05, 0.1) is 17.1 Å². The van der Waals surface area contributed by atoms with Crippen LogP contribution in [0.25, 0.3) is 11.0 Å². The van der Waals surface area contributed by atoms with Crippen LogP contribution in [0, 0.1) is 0 Å². The molecule has 0 bridgehead atoms. The van der Waals surface area contributed by atoms with Gasteiger partial charge in [-0.15, -0.1) is 0 Å². The first kappa shape index (κ1) is 33.2. The lowest BCUT2D eigenvalue weighted by Crippen LogP contribution is -2.18. The monoisotopic (exact) mass is 606 g/mol. The summed E-state index contributed by atoms with van der Waals surface area (Å²) in [5, 5.41) is -0.640. The molecule has 3 aromatic rings. The molecular weight excluding hydrogens is 560 g/mol. The molecule has 0 amide bonds. The van der Waals surface area contributed by atoms with Gasteiger partial charge < -0.3 is 4.57 Å². The lowest BCUT2D eigenvalue weighted by Gasteiger charge is -2.22. The van der Waals surface area contributed by atoms with E-state index in [0.717, 1.165) is 31.2 Å². The molecule has 1 heterocycles. The molecule has 2 aromatic carbocycles. The maximum Gasteiger partial charge on any atom is 0.328 e. The van der Waals surface area contributed by atoms with Crippen LogP contribution < -0.4 is 0 Å². The Hall–Kier alpha value is -2.27. The van der Waals surface area contributed by atoms with Crippen molar-refractivity contribution in [2.75, 3.05) is 0 Å². The first-order valence-electron chi connectivity index (χ1n) is 15.2. The lowest BCUT2D eigenvalue weighted by atomic mass is 9.98. The van der Waals surface area contributed by atoms with E-state index in [1.54, 1.807) is 0 Å². The van der Waals surface area contributed by atoms with Gasteiger partial charge in [0.2, 0.25) is 0 Å². The van der Waals surface area contributed by atoms with E-state index >= 15 is 0 Å². The largest absolute Gasteiger partial charge is 0.328 e. The highest BCUT2D eigenvalue weighted by molar-refractivity contribution is 7.86. The highest BCUT2D eigenvalue weighted by Crippen LogP contribution is 2.35. The van der Waals surface area contributed by atoms with Crippen molar-refractivity contribution in [3.63, 3.8) is 0 Å². The van der Waals surface area contributed by atoms with Crippen molar-refractivity contribution in [3.8, 4) is 0 Å². The van der Waals surface area contributed by atoms with Crippen molar-refractivity contribution in [3.05, 3.63) is 54.1 Å². The Bertz CT molecular complexity index is 1420. The van der Waals surface area contributed by atoms with E-state index in [1.807, 2.05) is 30.3 Å². The van der Waals surface area contributed by atoms with Gasteiger partial charge in [-0.3, -0.25) is 9.11 Å². The van der Waals surface area contributed by atoms with Gasteiger partial charge in [-0.25, -0.2) is 4.98 Å². The van der Waals surface area contributed by atoms with Gasteiger partial charge in [-0.1, -0.05) is 140 Å². The van der Waals surface area contributed by atoms with Gasteiger partial charge in [-0.2, -0.15) is 16.8 Å². The summed E-state index contributed by atoms with van der Waals surface area (Å²) in [6, 6.07) is 12.6. The number of hydrogen-bond donors (Lipinski definition) is 2. The molecule has 1 atom stereocenters. The highest BCUT2D eigenvalue weighted by atomic mass is 32.2. The van der Waals surface area contributed by atoms with Crippen molar-refractivity contribution in [1.29, 1.82) is 0 Å². The number of fused-ring (bicyclic) bond motifs is 1. The second kappa shape index (κ2) is 16.4. The van der Waals surface area contributed by atoms with E-state index in [0.29, 0.717) is 6.42 Å². The van der Waals surface area contributed by atoms with E-state index in [-0.39, 0.29) is 11.0 Å². The quantitative estimate of drug-likeness (QED) is 0.0977. The number of benzene rings is 2. The first-order chi connectivity index (χ1) is 19.6. The fourth-order valence-electron chi connectivity index (χ4n) is 5.60. The first-order valence-corrected chi connectivity index (χ1v) is 18.0. The van der Waals surface area contributed by atoms with Crippen LogP contribution in [0.1, 0.15) is 121 Å². The zero-order valence-electron chi connectivity index (χ0n) is 24.2. The fourth-order valence-corrected chi connectivity index (χ4v) is 6.98. The van der Waals surface area contributed by atoms with Gasteiger partial charge in [0.25, 0.3) is 15.3 Å². The summed E-state index contributed by atoms with van der Waals surface area (Å²) in [4.78, 5) is 3.63. The van der Waals surface area contributed by atoms with Crippen molar-refractivity contribution < 1.29 is 25.9 Å². The topological polar surface area (TPSA) is 127 Å². The van der Waals surface area contributed by atoms with E-state index in [1.165, 1.54) is 93.4 Å². The SMILES string of the molecule is CCCCCCCCCCCCCCCCCC(c1ccccc1)n1c(S(=O)(=O)O)nc2cccc(S(=O)(=O)O)c21. The standard InChI is InChI=1S/C31H46N2O6S2/c1-2-3-4-5-6-7-8-9-10-11-12-13-14-15-19-24-28(26-21-17-16-18-22-26)33-30-27(32-31(33)41(37,38)39)23-20-25-29(30)40(34,35)36/h16-18,20-23,25,28H,2-15,19,24H2,1H3,(H,34,35,36)(H,37,38,39). The Balaban J connectivity index is 1.62. The smallest absolute Gasteiger partial charge is 0.304 e. The number of nitrogens with zero attached hydrogens (tertiary/aromatic N) is 2. The van der Waals surface area contributed by atoms with Crippen LogP contribution in [-0.4, -0.2) is 35.5 Å². The lowest BCUT2D eigenvalue weighted by molar-refractivity contribution is 0.434. The third-order valence-corrected chi connectivity index (χ3v) is 9.36. The number of imidazole rings is 1. The minimum atomic E-state index is -4.79. The summed E-state index contributed by atoms with van der Waals surface area (Å²) in [5.41, 5.74) is 0.773. The second-order valence-corrected chi connectivity index (χ2v) is 13.7. The van der Waals surface area contributed by atoms with Crippen LogP contribution in [0.3, 0.4) is 0 Å². The van der Waals surface area contributed by atoms with E-state index in [4.69, 9.17) is 0 Å². The van der Waals surface area contributed by atoms with Crippen molar-refractivity contribution >= 4 is 31.3 Å². The summed E-state index contributed by atoms with van der Waals surface area (Å²) in [7, 11) is -9.48. The maximum absolute atomic E-state index is 12.4. The summed E-state index contributed by atoms with van der Waals surface area (Å²) in [6.07, 6.45) is 18.9. The van der Waals surface area contributed by atoms with Crippen molar-refractivity contribution in [2.45, 2.75) is 126 Å². The average molecular weight is 607 g/mol. The zero-order chi connectivity index (χ0) is 29.7.